The molecule has 2 N–H and O–H groups in total. The van der Waals surface area contributed by atoms with Crippen LogP contribution in [-0.4, -0.2) is 35.6 Å². The van der Waals surface area contributed by atoms with Crippen molar-refractivity contribution in [3.63, 3.8) is 0 Å². The maximum Gasteiger partial charge on any atom is 1.00 e. The van der Waals surface area contributed by atoms with Crippen molar-refractivity contribution in [2.24, 2.45) is 4.99 Å². The predicted octanol–water partition coefficient (Wildman–Crippen LogP) is -0.269. The monoisotopic (exact) mass is 336 g/mol. The van der Waals surface area contributed by atoms with E-state index in [1.54, 1.807) is 6.92 Å². The number of aliphatic imine (C=N–C) groups is 1. The topological polar surface area (TPSA) is 84.8 Å². The number of rotatable bonds is 14. The molecule has 0 heterocycles. The van der Waals surface area contributed by atoms with Gasteiger partial charge in [-0.15, -0.1) is 0 Å². The number of hydrogen-bond donors (Lipinski definition) is 2. The number of aliphatic carboxylic acids is 1. The van der Waals surface area contributed by atoms with Gasteiger partial charge in [-0.2, -0.15) is 0 Å². The van der Waals surface area contributed by atoms with E-state index in [2.05, 4.69) is 17.2 Å². The second-order valence-electron chi connectivity index (χ2n) is 5.99. The van der Waals surface area contributed by atoms with E-state index in [1.807, 2.05) is 0 Å². The van der Waals surface area contributed by atoms with Crippen molar-refractivity contribution in [1.29, 1.82) is 0 Å². The van der Waals surface area contributed by atoms with E-state index < -0.39 is 18.1 Å². The van der Waals surface area contributed by atoms with Gasteiger partial charge in [-0.05, 0) is 32.7 Å². The number of nitrogens with one attached hydrogen (secondary N) is 1. The van der Waals surface area contributed by atoms with Crippen LogP contribution in [0.4, 0.5) is 0 Å². The second-order valence-corrected chi connectivity index (χ2v) is 5.99. The van der Waals surface area contributed by atoms with E-state index in [0.29, 0.717) is 0 Å². The zero-order valence-corrected chi connectivity index (χ0v) is 17.4. The molecule has 0 unspecified atom stereocenters. The molecule has 0 aliphatic heterocycles. The molecule has 130 valence electrons. The Balaban J connectivity index is 0. The molecule has 23 heavy (non-hydrogen) atoms. The fourth-order valence-corrected chi connectivity index (χ4v) is 2.20. The summed E-state index contributed by atoms with van der Waals surface area (Å²) in [7, 11) is 0. The summed E-state index contributed by atoms with van der Waals surface area (Å²) in [6, 6.07) is -1.37. The molecule has 0 aromatic rings. The van der Waals surface area contributed by atoms with Crippen LogP contribution in [0.1, 0.15) is 78.6 Å². The summed E-state index contributed by atoms with van der Waals surface area (Å²) >= 11 is 0. The molecule has 2 atom stereocenters. The Morgan fingerprint density at radius 2 is 1.52 bits per heavy atom. The number of carbonyl (C=O) groups is 1. The number of unbranched alkanes of at least 4 members (excludes halogenated alkanes) is 8. The van der Waals surface area contributed by atoms with Crippen LogP contribution in [0.25, 0.3) is 0 Å². The van der Waals surface area contributed by atoms with Gasteiger partial charge in [0.25, 0.3) is 0 Å². The van der Waals surface area contributed by atoms with Crippen LogP contribution in [0.15, 0.2) is 4.99 Å². The average molecular weight is 336 g/mol. The molecule has 0 amide bonds. The Morgan fingerprint density at radius 1 is 1.04 bits per heavy atom. The van der Waals surface area contributed by atoms with Gasteiger partial charge in [0.2, 0.25) is 0 Å². The van der Waals surface area contributed by atoms with Gasteiger partial charge in [-0.25, -0.2) is 4.79 Å². The van der Waals surface area contributed by atoms with E-state index in [9.17, 15) is 9.90 Å². The van der Waals surface area contributed by atoms with Gasteiger partial charge in [0.15, 0.2) is 0 Å². The number of nitrogens with zero attached hydrogens (tertiary/aromatic N) is 1. The molecule has 0 aromatic carbocycles. The molecule has 0 radical (unpaired) electrons. The van der Waals surface area contributed by atoms with Crippen molar-refractivity contribution < 1.29 is 44.6 Å². The zero-order valence-electron chi connectivity index (χ0n) is 15.4. The van der Waals surface area contributed by atoms with Gasteiger partial charge >= 0.3 is 35.5 Å². The van der Waals surface area contributed by atoms with Crippen LogP contribution in [0, 0.1) is 0 Å². The van der Waals surface area contributed by atoms with E-state index in [4.69, 9.17) is 5.11 Å². The molecule has 0 aromatic heterocycles. The molecule has 0 aliphatic rings. The van der Waals surface area contributed by atoms with Crippen molar-refractivity contribution in [2.45, 2.75) is 90.6 Å². The summed E-state index contributed by atoms with van der Waals surface area (Å²) in [6.07, 6.45) is 11.4. The summed E-state index contributed by atoms with van der Waals surface area (Å²) in [5.74, 6) is -1.45. The van der Waals surface area contributed by atoms with Gasteiger partial charge in [0.1, 0.15) is 6.04 Å². The fraction of sp³-hybridized carbons (Fsp3) is 0.882. The van der Waals surface area contributed by atoms with Gasteiger partial charge in [-0.1, -0.05) is 58.3 Å². The summed E-state index contributed by atoms with van der Waals surface area (Å²) in [5.41, 5.74) is 0. The maximum atomic E-state index is 11.7. The molecule has 6 heteroatoms. The Hall–Kier alpha value is -0.100. The first kappa shape index (κ1) is 25.1. The van der Waals surface area contributed by atoms with Crippen LogP contribution in [0.5, 0.6) is 0 Å². The number of hydrogen-bond acceptors (Lipinski definition) is 4. The average Bonchev–Trinajstić information content (AvgIpc) is 2.48. The second kappa shape index (κ2) is 16.7. The smallest absolute Gasteiger partial charge is 0.861 e. The first-order chi connectivity index (χ1) is 10.5. The van der Waals surface area contributed by atoms with Crippen molar-refractivity contribution in [3.05, 3.63) is 0 Å². The van der Waals surface area contributed by atoms with Gasteiger partial charge in [-0.3, -0.25) is 4.99 Å². The third-order valence-corrected chi connectivity index (χ3v) is 3.78. The quantitative estimate of drug-likeness (QED) is 0.198. The molecular weight excluding hydrogens is 303 g/mol. The SMILES string of the molecule is CCCCCCCCCCCN[C@@H](C)C([O-])=N[C@@H](C)C(=O)O.[Na+]. The summed E-state index contributed by atoms with van der Waals surface area (Å²) < 4.78 is 0. The van der Waals surface area contributed by atoms with Crippen LogP contribution in [-0.2, 0) is 4.79 Å². The Bertz CT molecular complexity index is 325. The van der Waals surface area contributed by atoms with Crippen LogP contribution in [0.3, 0.4) is 0 Å². The van der Waals surface area contributed by atoms with Gasteiger partial charge in [0.05, 0.1) is 0 Å². The largest absolute Gasteiger partial charge is 1.00 e. The van der Waals surface area contributed by atoms with Gasteiger partial charge < -0.3 is 15.5 Å². The summed E-state index contributed by atoms with van der Waals surface area (Å²) in [6.45, 7) is 6.15. The number of carboxylic acids is 1. The van der Waals surface area contributed by atoms with Crippen LogP contribution in [0.2, 0.25) is 0 Å². The molecule has 5 nitrogen and oxygen atoms in total. The Labute approximate surface area is 163 Å². The molecule has 0 spiro atoms. The van der Waals surface area contributed by atoms with Crippen molar-refractivity contribution in [3.8, 4) is 0 Å². The summed E-state index contributed by atoms with van der Waals surface area (Å²) in [5, 5.41) is 23.5. The minimum absolute atomic E-state index is 0. The van der Waals surface area contributed by atoms with E-state index in [1.165, 1.54) is 58.3 Å². The standard InChI is InChI=1S/C17H34N2O3.Na/c1-4-5-6-7-8-9-10-11-12-13-18-14(2)16(20)19-15(3)17(21)22;/h14-15,18H,4-13H2,1-3H3,(H,19,20)(H,21,22);/q;+1/p-1/t14-,15-;/m0./s1. The normalized spacial score (nSPS) is 14.1. The molecule has 0 saturated heterocycles. The van der Waals surface area contributed by atoms with Crippen LogP contribution < -0.4 is 40.0 Å². The Kier molecular flexibility index (Phi) is 18.3. The summed E-state index contributed by atoms with van der Waals surface area (Å²) in [4.78, 5) is 14.3. The molecule has 0 aliphatic carbocycles. The molecule has 0 fully saturated rings. The van der Waals surface area contributed by atoms with Gasteiger partial charge in [0, 0.05) is 6.04 Å². The molecule has 0 rings (SSSR count). The van der Waals surface area contributed by atoms with Crippen molar-refractivity contribution >= 4 is 11.9 Å². The van der Waals surface area contributed by atoms with Crippen molar-refractivity contribution in [2.75, 3.05) is 6.54 Å². The molecule has 0 saturated carbocycles. The fourth-order valence-electron chi connectivity index (χ4n) is 2.20. The first-order valence-corrected chi connectivity index (χ1v) is 8.70. The third kappa shape index (κ3) is 15.2. The van der Waals surface area contributed by atoms with E-state index in [-0.39, 0.29) is 35.5 Å². The minimum Gasteiger partial charge on any atom is -0.861 e. The first-order valence-electron chi connectivity index (χ1n) is 8.70. The number of carboxylic acid groups (broad SMARTS) is 1. The predicted molar refractivity (Wildman–Crippen MR) is 89.2 cm³/mol. The maximum absolute atomic E-state index is 11.7. The Morgan fingerprint density at radius 3 is 2.00 bits per heavy atom. The zero-order chi connectivity index (χ0) is 16.8. The van der Waals surface area contributed by atoms with Crippen LogP contribution >= 0.6 is 0 Å². The van der Waals surface area contributed by atoms with Crippen molar-refractivity contribution in [1.82, 2.24) is 5.32 Å². The minimum atomic E-state index is -1.07. The molecule has 0 bridgehead atoms. The third-order valence-electron chi connectivity index (χ3n) is 3.78. The molecular formula is C17H33N2NaO3. The van der Waals surface area contributed by atoms with E-state index >= 15 is 0 Å². The van der Waals surface area contributed by atoms with E-state index in [0.717, 1.165) is 13.0 Å².